The average molecular weight is 1370 g/mol. The average Bonchev–Trinajstić information content (AvgIpc) is 0.793. The topological polar surface area (TPSA) is 228 Å². The SMILES string of the molecule is CC/C=C\C/C=C\C/C=C\C/C=C\C/C=C\CCCCCCCCCCCCCCCCCCCCCC(=O)NC(COC1OC(CO)C(OC2OC(CO)C(O)C(O)C2O)C(O)C1O)C(O)/C=C/CC/C=C/CCCCCCCCCCCCCCCCCCCCCCCC. The second-order valence-corrected chi connectivity index (χ2v) is 28.2. The van der Waals surface area contributed by atoms with Crippen molar-refractivity contribution in [1.29, 1.82) is 0 Å². The number of aliphatic hydroxyl groups is 8. The van der Waals surface area contributed by atoms with Crippen LogP contribution in [0.25, 0.3) is 0 Å². The van der Waals surface area contributed by atoms with Gasteiger partial charge in [0, 0.05) is 6.42 Å². The number of hydrogen-bond acceptors (Lipinski definition) is 13. The fourth-order valence-electron chi connectivity index (χ4n) is 13.0. The summed E-state index contributed by atoms with van der Waals surface area (Å²) in [4.78, 5) is 13.4. The molecule has 12 atom stereocenters. The Morgan fingerprint density at radius 2 is 0.722 bits per heavy atom. The number of hydrogen-bond donors (Lipinski definition) is 9. The number of carbonyl (C=O) groups is 1. The van der Waals surface area contributed by atoms with Gasteiger partial charge in [-0.2, -0.15) is 0 Å². The third kappa shape index (κ3) is 49.4. The van der Waals surface area contributed by atoms with E-state index in [1.807, 2.05) is 6.08 Å². The normalized spacial score (nSPS) is 22.6. The molecule has 9 N–H and O–H groups in total. The quantitative estimate of drug-likeness (QED) is 0.0204. The number of nitrogens with one attached hydrogen (secondary N) is 1. The van der Waals surface area contributed by atoms with Crippen molar-refractivity contribution in [2.75, 3.05) is 19.8 Å². The zero-order valence-electron chi connectivity index (χ0n) is 61.8. The van der Waals surface area contributed by atoms with Crippen molar-refractivity contribution in [2.45, 2.75) is 415 Å². The van der Waals surface area contributed by atoms with E-state index in [1.165, 1.54) is 244 Å². The second kappa shape index (κ2) is 66.4. The van der Waals surface area contributed by atoms with Crippen molar-refractivity contribution in [3.63, 3.8) is 0 Å². The number of rotatable bonds is 67. The van der Waals surface area contributed by atoms with Gasteiger partial charge in [0.2, 0.25) is 5.91 Å². The molecule has 2 fully saturated rings. The van der Waals surface area contributed by atoms with E-state index >= 15 is 0 Å². The summed E-state index contributed by atoms with van der Waals surface area (Å²) < 4.78 is 22.9. The van der Waals surface area contributed by atoms with Crippen LogP contribution in [0, 0.1) is 0 Å². The first kappa shape index (κ1) is 90.3. The van der Waals surface area contributed by atoms with Crippen LogP contribution in [0.1, 0.15) is 341 Å². The molecule has 14 heteroatoms. The predicted molar refractivity (Wildman–Crippen MR) is 401 cm³/mol. The van der Waals surface area contributed by atoms with E-state index in [1.54, 1.807) is 6.08 Å². The van der Waals surface area contributed by atoms with Gasteiger partial charge in [0.05, 0.1) is 32.0 Å². The maximum absolute atomic E-state index is 13.4. The van der Waals surface area contributed by atoms with Crippen molar-refractivity contribution in [2.24, 2.45) is 0 Å². The summed E-state index contributed by atoms with van der Waals surface area (Å²) in [5.41, 5.74) is 0. The number of aliphatic hydroxyl groups excluding tert-OH is 8. The van der Waals surface area contributed by atoms with Gasteiger partial charge in [0.1, 0.15) is 48.8 Å². The molecule has 0 aromatic heterocycles. The van der Waals surface area contributed by atoms with Gasteiger partial charge in [-0.05, 0) is 77.0 Å². The Morgan fingerprint density at radius 3 is 1.13 bits per heavy atom. The van der Waals surface area contributed by atoms with Gasteiger partial charge >= 0.3 is 0 Å². The lowest BCUT2D eigenvalue weighted by Crippen LogP contribution is -2.65. The first-order valence-corrected chi connectivity index (χ1v) is 40.3. The number of carbonyl (C=O) groups excluding carboxylic acids is 1. The highest BCUT2D eigenvalue weighted by Crippen LogP contribution is 2.30. The van der Waals surface area contributed by atoms with Gasteiger partial charge in [-0.15, -0.1) is 0 Å². The van der Waals surface area contributed by atoms with Crippen LogP contribution < -0.4 is 5.32 Å². The molecule has 0 aliphatic carbocycles. The standard InChI is InChI=1S/C83H149NO13/c1-3-5-7-9-11-13-15-17-19-21-23-25-27-29-31-33-34-35-36-37-38-39-41-43-45-47-49-51-53-55-57-59-61-63-65-67-75(88)84-71(70-94-82-80(93)78(91)81(74(69-86)96-82)97-83-79(92)77(90)76(89)73(68-85)95-83)72(87)66-64-62-60-58-56-54-52-50-48-46-44-42-40-32-30-28-26-24-22-20-18-16-14-12-10-8-6-4-2/h5,7,11,13,17,19,23,25,29,31,56,58,64,66,71-74,76-83,85-87,89-93H,3-4,6,8-10,12,14-16,18,20-22,24,26-28,30,32-55,57,59-63,65,67-70H2,1-2H3,(H,84,88)/b7-5-,13-11-,19-17-,25-23-,31-29-,58-56+,66-64+. The molecule has 0 spiro atoms. The molecule has 0 bridgehead atoms. The maximum atomic E-state index is 13.4. The Labute approximate surface area is 592 Å². The summed E-state index contributed by atoms with van der Waals surface area (Å²) in [6.45, 7) is 2.72. The Balaban J connectivity index is 1.62. The van der Waals surface area contributed by atoms with Crippen LogP contribution in [0.5, 0.6) is 0 Å². The molecule has 2 aliphatic heterocycles. The molecule has 12 unspecified atom stereocenters. The number of amides is 1. The highest BCUT2D eigenvalue weighted by molar-refractivity contribution is 5.76. The largest absolute Gasteiger partial charge is 0.394 e. The fraction of sp³-hybridized carbons (Fsp3) is 0.819. The van der Waals surface area contributed by atoms with Gasteiger partial charge in [-0.25, -0.2) is 0 Å². The predicted octanol–water partition coefficient (Wildman–Crippen LogP) is 18.3. The first-order valence-electron chi connectivity index (χ1n) is 40.3. The molecule has 2 rings (SSSR count). The van der Waals surface area contributed by atoms with Crippen molar-refractivity contribution in [3.8, 4) is 0 Å². The van der Waals surface area contributed by atoms with E-state index < -0.39 is 86.8 Å². The lowest BCUT2D eigenvalue weighted by Gasteiger charge is -2.46. The van der Waals surface area contributed by atoms with E-state index in [9.17, 15) is 45.6 Å². The fourth-order valence-corrected chi connectivity index (χ4v) is 13.0. The van der Waals surface area contributed by atoms with Crippen molar-refractivity contribution in [3.05, 3.63) is 85.1 Å². The van der Waals surface area contributed by atoms with E-state index in [2.05, 4.69) is 92.1 Å². The molecular weight excluding hydrogens is 1220 g/mol. The van der Waals surface area contributed by atoms with Gasteiger partial charge in [-0.1, -0.05) is 343 Å². The summed E-state index contributed by atoms with van der Waals surface area (Å²) in [5.74, 6) is -0.245. The molecular formula is C83H149NO13. The van der Waals surface area contributed by atoms with Crippen molar-refractivity contribution < 1.29 is 64.6 Å². The van der Waals surface area contributed by atoms with Crippen LogP contribution in [0.2, 0.25) is 0 Å². The third-order valence-corrected chi connectivity index (χ3v) is 19.3. The molecule has 2 saturated heterocycles. The van der Waals surface area contributed by atoms with Gasteiger partial charge in [0.15, 0.2) is 12.6 Å². The Morgan fingerprint density at radius 1 is 0.381 bits per heavy atom. The molecule has 564 valence electrons. The molecule has 2 heterocycles. The Hall–Kier alpha value is -2.83. The van der Waals surface area contributed by atoms with Crippen LogP contribution in [-0.4, -0.2) is 140 Å². The van der Waals surface area contributed by atoms with Crippen LogP contribution in [0.15, 0.2) is 85.1 Å². The molecule has 0 aromatic rings. The molecule has 97 heavy (non-hydrogen) atoms. The summed E-state index contributed by atoms with van der Waals surface area (Å²) in [6.07, 6.45) is 76.7. The van der Waals surface area contributed by atoms with Crippen LogP contribution in [0.3, 0.4) is 0 Å². The Kier molecular flexibility index (Phi) is 61.8. The van der Waals surface area contributed by atoms with E-state index in [-0.39, 0.29) is 18.9 Å². The Bertz CT molecular complexity index is 1950. The van der Waals surface area contributed by atoms with Gasteiger partial charge in [0.25, 0.3) is 0 Å². The molecule has 2 aliphatic rings. The molecule has 1 amide bonds. The minimum atomic E-state index is -1.79. The summed E-state index contributed by atoms with van der Waals surface area (Å²) in [7, 11) is 0. The van der Waals surface area contributed by atoms with Crippen LogP contribution in [0.4, 0.5) is 0 Å². The summed E-state index contributed by atoms with van der Waals surface area (Å²) >= 11 is 0. The molecule has 0 radical (unpaired) electrons. The zero-order chi connectivity index (χ0) is 70.1. The highest BCUT2D eigenvalue weighted by atomic mass is 16.7. The number of ether oxygens (including phenoxy) is 4. The number of allylic oxidation sites excluding steroid dienone is 13. The minimum absolute atomic E-state index is 0.245. The second-order valence-electron chi connectivity index (χ2n) is 28.2. The van der Waals surface area contributed by atoms with Gasteiger partial charge < -0.3 is 65.1 Å². The van der Waals surface area contributed by atoms with Gasteiger partial charge in [-0.3, -0.25) is 4.79 Å². The smallest absolute Gasteiger partial charge is 0.220 e. The van der Waals surface area contributed by atoms with Crippen LogP contribution >= 0.6 is 0 Å². The zero-order valence-corrected chi connectivity index (χ0v) is 61.8. The lowest BCUT2D eigenvalue weighted by atomic mass is 9.97. The monoisotopic (exact) mass is 1370 g/mol. The lowest BCUT2D eigenvalue weighted by molar-refractivity contribution is -0.359. The van der Waals surface area contributed by atoms with E-state index in [4.69, 9.17) is 18.9 Å². The third-order valence-electron chi connectivity index (χ3n) is 19.3. The molecule has 14 nitrogen and oxygen atoms in total. The summed E-state index contributed by atoms with van der Waals surface area (Å²) in [5, 5.41) is 87.7. The van der Waals surface area contributed by atoms with E-state index in [0.29, 0.717) is 12.8 Å². The molecule has 0 aromatic carbocycles. The maximum Gasteiger partial charge on any atom is 0.220 e. The minimum Gasteiger partial charge on any atom is -0.394 e. The summed E-state index contributed by atoms with van der Waals surface area (Å²) in [6, 6.07) is -0.936. The number of unbranched alkanes of at least 4 members (excludes halogenated alkanes) is 42. The van der Waals surface area contributed by atoms with Crippen molar-refractivity contribution in [1.82, 2.24) is 5.32 Å². The highest BCUT2D eigenvalue weighted by Gasteiger charge is 2.51. The van der Waals surface area contributed by atoms with Crippen molar-refractivity contribution >= 4 is 5.91 Å². The first-order chi connectivity index (χ1) is 47.6. The van der Waals surface area contributed by atoms with E-state index in [0.717, 1.165) is 64.2 Å². The van der Waals surface area contributed by atoms with Crippen LogP contribution in [-0.2, 0) is 23.7 Å². The molecule has 0 saturated carbocycles.